The number of hydrogen-bond acceptors (Lipinski definition) is 8. The quantitative estimate of drug-likeness (QED) is 0.742. The van der Waals surface area contributed by atoms with Crippen molar-refractivity contribution >= 4 is 17.0 Å². The Labute approximate surface area is 176 Å². The fourth-order valence-corrected chi connectivity index (χ4v) is 5.34. The van der Waals surface area contributed by atoms with Gasteiger partial charge in [0.25, 0.3) is 0 Å². The Morgan fingerprint density at radius 1 is 1.10 bits per heavy atom. The standard InChI is InChI=1S/C21H31N5O4/c27-12-21(4-8-29-9-5-21)11-25-14-24-18-19(25)22-13-23-20(18)26-6-1-2-16(26)15-10-30-7-3-17(15)28/h13-17,27-28H,1-12H2. The second-order valence-electron chi connectivity index (χ2n) is 9.01. The molecule has 3 unspecified atom stereocenters. The van der Waals surface area contributed by atoms with E-state index in [1.165, 1.54) is 0 Å². The van der Waals surface area contributed by atoms with Crippen LogP contribution in [0, 0.1) is 11.3 Å². The van der Waals surface area contributed by atoms with Crippen LogP contribution in [0.2, 0.25) is 0 Å². The topological polar surface area (TPSA) is 106 Å². The molecule has 2 aromatic rings. The van der Waals surface area contributed by atoms with Crippen LogP contribution in [0.1, 0.15) is 32.1 Å². The third-order valence-electron chi connectivity index (χ3n) is 7.20. The molecule has 5 rings (SSSR count). The van der Waals surface area contributed by atoms with E-state index in [1.54, 1.807) is 6.33 Å². The van der Waals surface area contributed by atoms with Crippen LogP contribution in [0.3, 0.4) is 0 Å². The van der Waals surface area contributed by atoms with Gasteiger partial charge in [0.1, 0.15) is 6.33 Å². The Hall–Kier alpha value is -1.81. The Balaban J connectivity index is 1.44. The molecule has 0 radical (unpaired) electrons. The molecule has 0 amide bonds. The zero-order valence-electron chi connectivity index (χ0n) is 17.3. The van der Waals surface area contributed by atoms with Crippen molar-refractivity contribution in [2.24, 2.45) is 11.3 Å². The zero-order chi connectivity index (χ0) is 20.6. The number of aliphatic hydroxyl groups is 2. The number of imidazole rings is 1. The highest BCUT2D eigenvalue weighted by Crippen LogP contribution is 2.36. The van der Waals surface area contributed by atoms with E-state index in [2.05, 4.69) is 19.9 Å². The van der Waals surface area contributed by atoms with Crippen molar-refractivity contribution < 1.29 is 19.7 Å². The smallest absolute Gasteiger partial charge is 0.165 e. The van der Waals surface area contributed by atoms with Gasteiger partial charge in [-0.05, 0) is 32.1 Å². The number of anilines is 1. The minimum Gasteiger partial charge on any atom is -0.396 e. The van der Waals surface area contributed by atoms with Crippen molar-refractivity contribution in [3.8, 4) is 0 Å². The van der Waals surface area contributed by atoms with Gasteiger partial charge in [0, 0.05) is 50.3 Å². The molecule has 3 atom stereocenters. The molecule has 9 nitrogen and oxygen atoms in total. The first-order valence-electron chi connectivity index (χ1n) is 11.1. The first kappa shape index (κ1) is 20.1. The van der Waals surface area contributed by atoms with Crippen molar-refractivity contribution in [2.45, 2.75) is 50.8 Å². The lowest BCUT2D eigenvalue weighted by Crippen LogP contribution is -2.46. The Morgan fingerprint density at radius 2 is 1.97 bits per heavy atom. The molecule has 2 N–H and O–H groups in total. The molecule has 3 fully saturated rings. The highest BCUT2D eigenvalue weighted by molar-refractivity contribution is 5.83. The Morgan fingerprint density at radius 3 is 2.77 bits per heavy atom. The highest BCUT2D eigenvalue weighted by Gasteiger charge is 2.39. The fraction of sp³-hybridized carbons (Fsp3) is 0.762. The molecule has 3 aliphatic heterocycles. The number of aromatic nitrogens is 4. The van der Waals surface area contributed by atoms with Gasteiger partial charge in [-0.3, -0.25) is 0 Å². The van der Waals surface area contributed by atoms with Crippen molar-refractivity contribution in [3.05, 3.63) is 12.7 Å². The molecule has 0 bridgehead atoms. The van der Waals surface area contributed by atoms with Gasteiger partial charge >= 0.3 is 0 Å². The van der Waals surface area contributed by atoms with Gasteiger partial charge in [-0.2, -0.15) is 0 Å². The van der Waals surface area contributed by atoms with Crippen LogP contribution in [0.15, 0.2) is 12.7 Å². The van der Waals surface area contributed by atoms with Gasteiger partial charge in [-0.15, -0.1) is 0 Å². The van der Waals surface area contributed by atoms with E-state index < -0.39 is 0 Å². The summed E-state index contributed by atoms with van der Waals surface area (Å²) in [5.41, 5.74) is 1.39. The van der Waals surface area contributed by atoms with Crippen LogP contribution in [0.5, 0.6) is 0 Å². The Bertz CT molecular complexity index is 868. The SMILES string of the molecule is OCC1(Cn2cnc3c(N4CCCC4C4COCCC4O)ncnc32)CCOCC1. The van der Waals surface area contributed by atoms with Crippen molar-refractivity contribution in [1.82, 2.24) is 19.5 Å². The monoisotopic (exact) mass is 417 g/mol. The normalized spacial score (nSPS) is 29.5. The van der Waals surface area contributed by atoms with Crippen LogP contribution < -0.4 is 4.90 Å². The van der Waals surface area contributed by atoms with Gasteiger partial charge in [0.2, 0.25) is 0 Å². The number of ether oxygens (including phenoxy) is 2. The van der Waals surface area contributed by atoms with Crippen LogP contribution >= 0.6 is 0 Å². The minimum absolute atomic E-state index is 0.0910. The minimum atomic E-state index is -0.336. The van der Waals surface area contributed by atoms with Crippen molar-refractivity contribution in [2.75, 3.05) is 44.5 Å². The number of nitrogens with zero attached hydrogens (tertiary/aromatic N) is 5. The first-order chi connectivity index (χ1) is 14.7. The van der Waals surface area contributed by atoms with E-state index >= 15 is 0 Å². The van der Waals surface area contributed by atoms with Gasteiger partial charge in [0.05, 0.1) is 25.6 Å². The lowest BCUT2D eigenvalue weighted by Gasteiger charge is -2.37. The lowest BCUT2D eigenvalue weighted by molar-refractivity contribution is -0.0438. The van der Waals surface area contributed by atoms with Crippen LogP contribution in [-0.4, -0.2) is 81.5 Å². The van der Waals surface area contributed by atoms with Gasteiger partial charge in [-0.25, -0.2) is 15.0 Å². The summed E-state index contributed by atoms with van der Waals surface area (Å²) in [4.78, 5) is 16.1. The van der Waals surface area contributed by atoms with E-state index in [4.69, 9.17) is 9.47 Å². The molecule has 3 aliphatic rings. The summed E-state index contributed by atoms with van der Waals surface area (Å²) in [6.07, 6.45) is 7.52. The molecule has 5 heterocycles. The molecule has 0 saturated carbocycles. The maximum absolute atomic E-state index is 10.6. The van der Waals surface area contributed by atoms with Crippen molar-refractivity contribution in [3.63, 3.8) is 0 Å². The molecule has 0 spiro atoms. The van der Waals surface area contributed by atoms with Crippen LogP contribution in [0.25, 0.3) is 11.2 Å². The zero-order valence-corrected chi connectivity index (χ0v) is 17.3. The second-order valence-corrected chi connectivity index (χ2v) is 9.01. The fourth-order valence-electron chi connectivity index (χ4n) is 5.34. The molecule has 0 aliphatic carbocycles. The molecule has 30 heavy (non-hydrogen) atoms. The third-order valence-corrected chi connectivity index (χ3v) is 7.20. The largest absolute Gasteiger partial charge is 0.396 e. The maximum atomic E-state index is 10.6. The third kappa shape index (κ3) is 3.57. The Kier molecular flexibility index (Phi) is 5.61. The van der Waals surface area contributed by atoms with Crippen LogP contribution in [0.4, 0.5) is 5.82 Å². The maximum Gasteiger partial charge on any atom is 0.165 e. The van der Waals surface area contributed by atoms with E-state index in [0.29, 0.717) is 39.4 Å². The molecule has 2 aromatic heterocycles. The summed E-state index contributed by atoms with van der Waals surface area (Å²) >= 11 is 0. The van der Waals surface area contributed by atoms with Gasteiger partial charge in [-0.1, -0.05) is 0 Å². The number of rotatable bonds is 5. The predicted molar refractivity (Wildman–Crippen MR) is 110 cm³/mol. The van der Waals surface area contributed by atoms with E-state index in [0.717, 1.165) is 49.2 Å². The molecular weight excluding hydrogens is 386 g/mol. The van der Waals surface area contributed by atoms with Gasteiger partial charge < -0.3 is 29.2 Å². The van der Waals surface area contributed by atoms with Gasteiger partial charge in [0.15, 0.2) is 17.0 Å². The summed E-state index contributed by atoms with van der Waals surface area (Å²) in [5.74, 6) is 0.928. The van der Waals surface area contributed by atoms with E-state index in [1.807, 2.05) is 10.9 Å². The molecular formula is C21H31N5O4. The summed E-state index contributed by atoms with van der Waals surface area (Å²) in [6, 6.07) is 0.197. The number of hydrogen-bond donors (Lipinski definition) is 2. The molecule has 0 aromatic carbocycles. The van der Waals surface area contributed by atoms with Crippen LogP contribution in [-0.2, 0) is 16.0 Å². The second kappa shape index (κ2) is 8.37. The number of fused-ring (bicyclic) bond motifs is 1. The first-order valence-corrected chi connectivity index (χ1v) is 11.1. The average molecular weight is 418 g/mol. The highest BCUT2D eigenvalue weighted by atomic mass is 16.5. The molecule has 9 heteroatoms. The summed E-state index contributed by atoms with van der Waals surface area (Å²) in [7, 11) is 0. The summed E-state index contributed by atoms with van der Waals surface area (Å²) in [5, 5.41) is 20.6. The average Bonchev–Trinajstić information content (AvgIpc) is 3.42. The molecule has 164 valence electrons. The number of aliphatic hydroxyl groups excluding tert-OH is 2. The lowest BCUT2D eigenvalue weighted by atomic mass is 9.81. The summed E-state index contributed by atoms with van der Waals surface area (Å²) in [6.45, 7) is 4.25. The van der Waals surface area contributed by atoms with E-state index in [9.17, 15) is 10.2 Å². The molecule has 3 saturated heterocycles. The summed E-state index contributed by atoms with van der Waals surface area (Å²) < 4.78 is 13.2. The van der Waals surface area contributed by atoms with E-state index in [-0.39, 0.29) is 30.1 Å². The predicted octanol–water partition coefficient (Wildman–Crippen LogP) is 0.982. The van der Waals surface area contributed by atoms with Crippen molar-refractivity contribution in [1.29, 1.82) is 0 Å².